The molecule has 1 fully saturated rings. The largest absolute Gasteiger partial charge is 0.366 e. The molecule has 1 saturated heterocycles. The predicted octanol–water partition coefficient (Wildman–Crippen LogP) is -0.0214. The number of rotatable bonds is 2. The standard InChI is InChI=1S/C11H16N4O/c1-8-7-15(5-4-13-8)10-3-2-9(6-14-10)11(12)16/h2-3,6,8,13H,4-5,7H2,1H3,(H2,12,16)/t8-/m0/s1. The third-order valence-corrected chi connectivity index (χ3v) is 2.73. The summed E-state index contributed by atoms with van der Waals surface area (Å²) < 4.78 is 0. The zero-order chi connectivity index (χ0) is 11.5. The number of primary amides is 1. The number of nitrogens with zero attached hydrogens (tertiary/aromatic N) is 2. The van der Waals surface area contributed by atoms with Crippen molar-refractivity contribution in [2.45, 2.75) is 13.0 Å². The summed E-state index contributed by atoms with van der Waals surface area (Å²) in [4.78, 5) is 17.4. The van der Waals surface area contributed by atoms with Crippen LogP contribution < -0.4 is 16.0 Å². The van der Waals surface area contributed by atoms with E-state index in [1.165, 1.54) is 6.20 Å². The molecule has 0 bridgehead atoms. The third kappa shape index (κ3) is 2.30. The van der Waals surface area contributed by atoms with Crippen LogP contribution in [0.3, 0.4) is 0 Å². The molecule has 1 aliphatic heterocycles. The van der Waals surface area contributed by atoms with Crippen molar-refractivity contribution in [1.29, 1.82) is 0 Å². The molecule has 1 atom stereocenters. The van der Waals surface area contributed by atoms with Crippen molar-refractivity contribution in [2.75, 3.05) is 24.5 Å². The molecule has 2 rings (SSSR count). The first-order chi connectivity index (χ1) is 7.66. The van der Waals surface area contributed by atoms with Crippen molar-refractivity contribution < 1.29 is 4.79 Å². The van der Waals surface area contributed by atoms with Crippen LogP contribution in [0.25, 0.3) is 0 Å². The smallest absolute Gasteiger partial charge is 0.250 e. The van der Waals surface area contributed by atoms with Gasteiger partial charge in [0, 0.05) is 31.9 Å². The van der Waals surface area contributed by atoms with Gasteiger partial charge in [-0.25, -0.2) is 4.98 Å². The molecular formula is C11H16N4O. The number of nitrogens with one attached hydrogen (secondary N) is 1. The zero-order valence-corrected chi connectivity index (χ0v) is 9.31. The SMILES string of the molecule is C[C@H]1CN(c2ccc(C(N)=O)cn2)CCN1. The van der Waals surface area contributed by atoms with E-state index in [0.717, 1.165) is 25.5 Å². The van der Waals surface area contributed by atoms with E-state index >= 15 is 0 Å². The molecule has 1 aromatic heterocycles. The van der Waals surface area contributed by atoms with Gasteiger partial charge in [-0.15, -0.1) is 0 Å². The Hall–Kier alpha value is -1.62. The van der Waals surface area contributed by atoms with Crippen LogP contribution in [0.2, 0.25) is 0 Å². The maximum atomic E-state index is 10.9. The molecule has 0 unspecified atom stereocenters. The van der Waals surface area contributed by atoms with Gasteiger partial charge in [0.15, 0.2) is 0 Å². The molecule has 5 nitrogen and oxygen atoms in total. The molecule has 0 aliphatic carbocycles. The van der Waals surface area contributed by atoms with Crippen LogP contribution in [-0.4, -0.2) is 36.6 Å². The summed E-state index contributed by atoms with van der Waals surface area (Å²) in [6.07, 6.45) is 1.53. The molecule has 2 heterocycles. The molecule has 0 saturated carbocycles. The molecule has 0 aromatic carbocycles. The van der Waals surface area contributed by atoms with Crippen molar-refractivity contribution >= 4 is 11.7 Å². The fourth-order valence-corrected chi connectivity index (χ4v) is 1.86. The number of anilines is 1. The molecule has 1 amide bonds. The topological polar surface area (TPSA) is 71.2 Å². The maximum Gasteiger partial charge on any atom is 0.250 e. The molecule has 16 heavy (non-hydrogen) atoms. The van der Waals surface area contributed by atoms with Gasteiger partial charge in [-0.2, -0.15) is 0 Å². The number of carbonyl (C=O) groups excluding carboxylic acids is 1. The lowest BCUT2D eigenvalue weighted by Crippen LogP contribution is -2.49. The number of hydrogen-bond donors (Lipinski definition) is 2. The van der Waals surface area contributed by atoms with Crippen LogP contribution in [0.4, 0.5) is 5.82 Å². The minimum absolute atomic E-state index is 0.437. The van der Waals surface area contributed by atoms with Crippen molar-refractivity contribution in [3.8, 4) is 0 Å². The Kier molecular flexibility index (Phi) is 3.05. The Morgan fingerprint density at radius 3 is 3.00 bits per heavy atom. The van der Waals surface area contributed by atoms with Gasteiger partial charge >= 0.3 is 0 Å². The van der Waals surface area contributed by atoms with E-state index in [4.69, 9.17) is 5.73 Å². The van der Waals surface area contributed by atoms with Crippen LogP contribution in [0, 0.1) is 0 Å². The van der Waals surface area contributed by atoms with E-state index in [2.05, 4.69) is 22.1 Å². The molecule has 1 aliphatic rings. The monoisotopic (exact) mass is 220 g/mol. The second-order valence-electron chi connectivity index (χ2n) is 4.07. The van der Waals surface area contributed by atoms with E-state index in [-0.39, 0.29) is 0 Å². The number of nitrogens with two attached hydrogens (primary N) is 1. The average Bonchev–Trinajstić information content (AvgIpc) is 2.29. The maximum absolute atomic E-state index is 10.9. The Morgan fingerprint density at radius 1 is 1.62 bits per heavy atom. The van der Waals surface area contributed by atoms with E-state index in [9.17, 15) is 4.79 Å². The van der Waals surface area contributed by atoms with Crippen molar-refractivity contribution in [3.05, 3.63) is 23.9 Å². The lowest BCUT2D eigenvalue weighted by molar-refractivity contribution is 0.1000. The fraction of sp³-hybridized carbons (Fsp3) is 0.455. The van der Waals surface area contributed by atoms with Gasteiger partial charge in [0.25, 0.3) is 0 Å². The molecule has 3 N–H and O–H groups in total. The predicted molar refractivity (Wildman–Crippen MR) is 62.4 cm³/mol. The number of aromatic nitrogens is 1. The highest BCUT2D eigenvalue weighted by Crippen LogP contribution is 2.13. The van der Waals surface area contributed by atoms with Gasteiger partial charge in [0.1, 0.15) is 5.82 Å². The van der Waals surface area contributed by atoms with Gasteiger partial charge in [0.2, 0.25) is 5.91 Å². The highest BCUT2D eigenvalue weighted by Gasteiger charge is 2.16. The lowest BCUT2D eigenvalue weighted by atomic mass is 10.2. The Labute approximate surface area is 94.6 Å². The fourth-order valence-electron chi connectivity index (χ4n) is 1.86. The second kappa shape index (κ2) is 4.49. The summed E-state index contributed by atoms with van der Waals surface area (Å²) in [5, 5.41) is 3.37. The van der Waals surface area contributed by atoms with Crippen LogP contribution in [-0.2, 0) is 0 Å². The molecule has 86 valence electrons. The summed E-state index contributed by atoms with van der Waals surface area (Å²) >= 11 is 0. The molecule has 5 heteroatoms. The first-order valence-electron chi connectivity index (χ1n) is 5.41. The normalized spacial score (nSPS) is 20.8. The molecule has 1 aromatic rings. The first kappa shape index (κ1) is 10.9. The first-order valence-corrected chi connectivity index (χ1v) is 5.41. The zero-order valence-electron chi connectivity index (χ0n) is 9.31. The number of piperazine rings is 1. The highest BCUT2D eigenvalue weighted by molar-refractivity contribution is 5.92. The Bertz CT molecular complexity index is 376. The van der Waals surface area contributed by atoms with Gasteiger partial charge in [-0.05, 0) is 19.1 Å². The Morgan fingerprint density at radius 2 is 2.44 bits per heavy atom. The van der Waals surface area contributed by atoms with Crippen molar-refractivity contribution in [1.82, 2.24) is 10.3 Å². The summed E-state index contributed by atoms with van der Waals surface area (Å²) in [5.41, 5.74) is 5.61. The quantitative estimate of drug-likeness (QED) is 0.734. The average molecular weight is 220 g/mol. The van der Waals surface area contributed by atoms with E-state index in [1.54, 1.807) is 6.07 Å². The van der Waals surface area contributed by atoms with Crippen LogP contribution in [0.15, 0.2) is 18.3 Å². The number of amides is 1. The molecule has 0 radical (unpaired) electrons. The number of carbonyl (C=O) groups is 1. The van der Waals surface area contributed by atoms with E-state index in [0.29, 0.717) is 11.6 Å². The van der Waals surface area contributed by atoms with Gasteiger partial charge in [-0.1, -0.05) is 0 Å². The van der Waals surface area contributed by atoms with E-state index in [1.807, 2.05) is 6.07 Å². The van der Waals surface area contributed by atoms with Gasteiger partial charge < -0.3 is 16.0 Å². The minimum atomic E-state index is -0.437. The third-order valence-electron chi connectivity index (χ3n) is 2.73. The molecular weight excluding hydrogens is 204 g/mol. The minimum Gasteiger partial charge on any atom is -0.366 e. The van der Waals surface area contributed by atoms with Crippen molar-refractivity contribution in [3.63, 3.8) is 0 Å². The van der Waals surface area contributed by atoms with Gasteiger partial charge in [-0.3, -0.25) is 4.79 Å². The van der Waals surface area contributed by atoms with Crippen LogP contribution in [0.1, 0.15) is 17.3 Å². The second-order valence-corrected chi connectivity index (χ2v) is 4.07. The van der Waals surface area contributed by atoms with E-state index < -0.39 is 5.91 Å². The lowest BCUT2D eigenvalue weighted by Gasteiger charge is -2.32. The van der Waals surface area contributed by atoms with Crippen LogP contribution in [0.5, 0.6) is 0 Å². The van der Waals surface area contributed by atoms with Gasteiger partial charge in [0.05, 0.1) is 5.56 Å². The summed E-state index contributed by atoms with van der Waals surface area (Å²) in [6.45, 7) is 4.97. The number of hydrogen-bond acceptors (Lipinski definition) is 4. The highest BCUT2D eigenvalue weighted by atomic mass is 16.1. The van der Waals surface area contributed by atoms with Crippen LogP contribution >= 0.6 is 0 Å². The Balaban J connectivity index is 2.11. The number of pyridine rings is 1. The van der Waals surface area contributed by atoms with Crippen molar-refractivity contribution in [2.24, 2.45) is 5.73 Å². The summed E-state index contributed by atoms with van der Waals surface area (Å²) in [6, 6.07) is 4.03. The molecule has 0 spiro atoms. The summed E-state index contributed by atoms with van der Waals surface area (Å²) in [7, 11) is 0. The summed E-state index contributed by atoms with van der Waals surface area (Å²) in [5.74, 6) is 0.464.